The second-order valence-electron chi connectivity index (χ2n) is 3.75. The highest BCUT2D eigenvalue weighted by Crippen LogP contribution is 2.27. The van der Waals surface area contributed by atoms with Gasteiger partial charge in [-0.3, -0.25) is 4.79 Å². The first-order valence-corrected chi connectivity index (χ1v) is 5.26. The number of phenols is 2. The third-order valence-corrected chi connectivity index (χ3v) is 2.42. The van der Waals surface area contributed by atoms with Crippen LogP contribution in [0.4, 0.5) is 14.5 Å². The zero-order valence-electron chi connectivity index (χ0n) is 9.52. The molecule has 0 atom stereocenters. The van der Waals surface area contributed by atoms with Crippen LogP contribution in [0.1, 0.15) is 10.4 Å². The van der Waals surface area contributed by atoms with E-state index in [2.05, 4.69) is 5.32 Å². The number of halogens is 2. The van der Waals surface area contributed by atoms with Crippen LogP contribution in [0.3, 0.4) is 0 Å². The molecule has 0 aromatic heterocycles. The number of amides is 1. The molecular weight excluding hydrogens is 256 g/mol. The molecular formula is C13H9F2NO3. The molecule has 2 aromatic rings. The van der Waals surface area contributed by atoms with Crippen molar-refractivity contribution in [2.75, 3.05) is 5.32 Å². The Morgan fingerprint density at radius 3 is 2.32 bits per heavy atom. The fourth-order valence-corrected chi connectivity index (χ4v) is 1.54. The number of hydrogen-bond donors (Lipinski definition) is 3. The topological polar surface area (TPSA) is 69.6 Å². The summed E-state index contributed by atoms with van der Waals surface area (Å²) in [7, 11) is 0. The summed E-state index contributed by atoms with van der Waals surface area (Å²) in [4.78, 5) is 11.8. The summed E-state index contributed by atoms with van der Waals surface area (Å²) >= 11 is 0. The Labute approximate surface area is 106 Å². The standard InChI is InChI=1S/C13H9F2NO3/c14-7-4-5-8(15)9(6-7)16-13(19)12-10(17)2-1-3-11(12)18/h1-6,17-18H,(H,16,19). The molecule has 0 saturated heterocycles. The molecule has 3 N–H and O–H groups in total. The van der Waals surface area contributed by atoms with Gasteiger partial charge in [0.1, 0.15) is 28.7 Å². The van der Waals surface area contributed by atoms with Crippen molar-refractivity contribution in [3.63, 3.8) is 0 Å². The minimum Gasteiger partial charge on any atom is -0.507 e. The molecule has 0 unspecified atom stereocenters. The average Bonchev–Trinajstić information content (AvgIpc) is 2.33. The van der Waals surface area contributed by atoms with Gasteiger partial charge in [-0.1, -0.05) is 6.07 Å². The predicted molar refractivity (Wildman–Crippen MR) is 64.1 cm³/mol. The molecule has 2 aromatic carbocycles. The van der Waals surface area contributed by atoms with Crippen LogP contribution in [0.5, 0.6) is 11.5 Å². The Balaban J connectivity index is 2.34. The molecule has 0 radical (unpaired) electrons. The lowest BCUT2D eigenvalue weighted by atomic mass is 10.1. The largest absolute Gasteiger partial charge is 0.507 e. The predicted octanol–water partition coefficient (Wildman–Crippen LogP) is 2.63. The number of carbonyl (C=O) groups is 1. The van der Waals surface area contributed by atoms with E-state index in [1.807, 2.05) is 0 Å². The number of rotatable bonds is 2. The van der Waals surface area contributed by atoms with E-state index in [1.54, 1.807) is 0 Å². The summed E-state index contributed by atoms with van der Waals surface area (Å²) in [6, 6.07) is 6.28. The molecule has 1 amide bonds. The SMILES string of the molecule is O=C(Nc1cc(F)ccc1F)c1c(O)cccc1O. The molecule has 19 heavy (non-hydrogen) atoms. The Hall–Kier alpha value is -2.63. The van der Waals surface area contributed by atoms with Crippen molar-refractivity contribution in [3.05, 3.63) is 53.6 Å². The van der Waals surface area contributed by atoms with E-state index in [0.717, 1.165) is 18.2 Å². The lowest BCUT2D eigenvalue weighted by molar-refractivity contribution is 0.102. The van der Waals surface area contributed by atoms with E-state index < -0.39 is 34.6 Å². The number of benzene rings is 2. The van der Waals surface area contributed by atoms with Gasteiger partial charge in [0.2, 0.25) is 0 Å². The Bertz CT molecular complexity index is 624. The van der Waals surface area contributed by atoms with Crippen molar-refractivity contribution in [2.24, 2.45) is 0 Å². The summed E-state index contributed by atoms with van der Waals surface area (Å²) in [5.41, 5.74) is -0.793. The maximum Gasteiger partial charge on any atom is 0.263 e. The van der Waals surface area contributed by atoms with Gasteiger partial charge < -0.3 is 15.5 Å². The average molecular weight is 265 g/mol. The first-order chi connectivity index (χ1) is 8.99. The van der Waals surface area contributed by atoms with Gasteiger partial charge in [0.25, 0.3) is 5.91 Å². The van der Waals surface area contributed by atoms with Gasteiger partial charge in [-0.05, 0) is 24.3 Å². The quantitative estimate of drug-likeness (QED) is 0.781. The zero-order chi connectivity index (χ0) is 14.0. The fourth-order valence-electron chi connectivity index (χ4n) is 1.54. The molecule has 0 fully saturated rings. The van der Waals surface area contributed by atoms with Crippen LogP contribution in [-0.4, -0.2) is 16.1 Å². The van der Waals surface area contributed by atoms with Gasteiger partial charge in [0.05, 0.1) is 5.69 Å². The molecule has 2 rings (SSSR count). The summed E-state index contributed by atoms with van der Waals surface area (Å²) in [5, 5.41) is 21.0. The van der Waals surface area contributed by atoms with Gasteiger partial charge in [0.15, 0.2) is 0 Å². The van der Waals surface area contributed by atoms with E-state index in [9.17, 15) is 23.8 Å². The normalized spacial score (nSPS) is 10.2. The first-order valence-electron chi connectivity index (χ1n) is 5.26. The fraction of sp³-hybridized carbons (Fsp3) is 0. The van der Waals surface area contributed by atoms with E-state index in [0.29, 0.717) is 0 Å². The van der Waals surface area contributed by atoms with Crippen molar-refractivity contribution >= 4 is 11.6 Å². The molecule has 0 bridgehead atoms. The molecule has 0 aliphatic carbocycles. The van der Waals surface area contributed by atoms with Gasteiger partial charge in [-0.15, -0.1) is 0 Å². The second-order valence-corrected chi connectivity index (χ2v) is 3.75. The third kappa shape index (κ3) is 2.62. The van der Waals surface area contributed by atoms with Crippen LogP contribution in [0, 0.1) is 11.6 Å². The Morgan fingerprint density at radius 1 is 1.05 bits per heavy atom. The molecule has 98 valence electrons. The number of aromatic hydroxyl groups is 2. The van der Waals surface area contributed by atoms with Crippen LogP contribution >= 0.6 is 0 Å². The number of nitrogens with one attached hydrogen (secondary N) is 1. The van der Waals surface area contributed by atoms with Gasteiger partial charge >= 0.3 is 0 Å². The molecule has 0 saturated carbocycles. The summed E-state index contributed by atoms with van der Waals surface area (Å²) in [5.74, 6) is -3.42. The van der Waals surface area contributed by atoms with Crippen molar-refractivity contribution in [3.8, 4) is 11.5 Å². The molecule has 4 nitrogen and oxygen atoms in total. The molecule has 0 aliphatic rings. The molecule has 0 spiro atoms. The van der Waals surface area contributed by atoms with Gasteiger partial charge in [-0.2, -0.15) is 0 Å². The smallest absolute Gasteiger partial charge is 0.263 e. The highest BCUT2D eigenvalue weighted by atomic mass is 19.1. The van der Waals surface area contributed by atoms with Crippen LogP contribution in [0.15, 0.2) is 36.4 Å². The highest BCUT2D eigenvalue weighted by molar-refractivity contribution is 6.08. The van der Waals surface area contributed by atoms with Crippen molar-refractivity contribution in [2.45, 2.75) is 0 Å². The van der Waals surface area contributed by atoms with E-state index in [1.165, 1.54) is 18.2 Å². The lowest BCUT2D eigenvalue weighted by Crippen LogP contribution is -2.13. The minimum atomic E-state index is -0.944. The third-order valence-electron chi connectivity index (χ3n) is 2.42. The first kappa shape index (κ1) is 12.8. The van der Waals surface area contributed by atoms with Crippen LogP contribution < -0.4 is 5.32 Å². The monoisotopic (exact) mass is 265 g/mol. The zero-order valence-corrected chi connectivity index (χ0v) is 9.52. The molecule has 0 heterocycles. The maximum atomic E-state index is 13.3. The number of hydrogen-bond acceptors (Lipinski definition) is 3. The van der Waals surface area contributed by atoms with Crippen molar-refractivity contribution in [1.29, 1.82) is 0 Å². The van der Waals surface area contributed by atoms with Crippen LogP contribution in [0.2, 0.25) is 0 Å². The van der Waals surface area contributed by atoms with E-state index >= 15 is 0 Å². The summed E-state index contributed by atoms with van der Waals surface area (Å²) in [6.45, 7) is 0. The Morgan fingerprint density at radius 2 is 1.68 bits per heavy atom. The maximum absolute atomic E-state index is 13.3. The number of carbonyl (C=O) groups excluding carboxylic acids is 1. The number of anilines is 1. The molecule has 6 heteroatoms. The summed E-state index contributed by atoms with van der Waals surface area (Å²) in [6.07, 6.45) is 0. The van der Waals surface area contributed by atoms with Gasteiger partial charge in [-0.25, -0.2) is 8.78 Å². The van der Waals surface area contributed by atoms with E-state index in [4.69, 9.17) is 0 Å². The molecule has 0 aliphatic heterocycles. The van der Waals surface area contributed by atoms with Gasteiger partial charge in [0, 0.05) is 6.07 Å². The van der Waals surface area contributed by atoms with Crippen LogP contribution in [-0.2, 0) is 0 Å². The van der Waals surface area contributed by atoms with Crippen LogP contribution in [0.25, 0.3) is 0 Å². The minimum absolute atomic E-state index is 0.382. The number of phenolic OH excluding ortho intramolecular Hbond substituents is 2. The highest BCUT2D eigenvalue weighted by Gasteiger charge is 2.17. The van der Waals surface area contributed by atoms with E-state index in [-0.39, 0.29) is 5.69 Å². The Kier molecular flexibility index (Phi) is 3.33. The van der Waals surface area contributed by atoms with Crippen molar-refractivity contribution < 1.29 is 23.8 Å². The summed E-state index contributed by atoms with van der Waals surface area (Å²) < 4.78 is 26.3. The second kappa shape index (κ2) is 4.93. The lowest BCUT2D eigenvalue weighted by Gasteiger charge is -2.09. The van der Waals surface area contributed by atoms with Crippen molar-refractivity contribution in [1.82, 2.24) is 0 Å².